The lowest BCUT2D eigenvalue weighted by Gasteiger charge is -2.21. The van der Waals surface area contributed by atoms with Gasteiger partial charge in [0.15, 0.2) is 5.43 Å². The molecule has 1 atom stereocenters. The minimum Gasteiger partial charge on any atom is -0.461 e. The minimum atomic E-state index is 0.101. The molecular formula is C14H14O3. The van der Waals surface area contributed by atoms with Crippen molar-refractivity contribution < 1.29 is 9.15 Å². The fraction of sp³-hybridized carbons (Fsp3) is 0.357. The Morgan fingerprint density at radius 3 is 3.00 bits per heavy atom. The van der Waals surface area contributed by atoms with Crippen LogP contribution < -0.4 is 5.43 Å². The van der Waals surface area contributed by atoms with Crippen LogP contribution in [0, 0.1) is 0 Å². The number of para-hydroxylation sites is 1. The number of ether oxygens (including phenoxy) is 1. The summed E-state index contributed by atoms with van der Waals surface area (Å²) in [6, 6.07) is 7.41. The second-order valence-corrected chi connectivity index (χ2v) is 4.43. The molecule has 1 aliphatic carbocycles. The van der Waals surface area contributed by atoms with Crippen LogP contribution >= 0.6 is 0 Å². The quantitative estimate of drug-likeness (QED) is 0.754. The maximum absolute atomic E-state index is 12.3. The van der Waals surface area contributed by atoms with Crippen LogP contribution in [0.5, 0.6) is 0 Å². The molecule has 1 aromatic heterocycles. The third kappa shape index (κ3) is 1.67. The topological polar surface area (TPSA) is 39.4 Å². The van der Waals surface area contributed by atoms with Gasteiger partial charge in [-0.25, -0.2) is 0 Å². The summed E-state index contributed by atoms with van der Waals surface area (Å²) in [5, 5.41) is 0.669. The number of fused-ring (bicyclic) bond motifs is 2. The highest BCUT2D eigenvalue weighted by molar-refractivity contribution is 5.77. The average Bonchev–Trinajstić information content (AvgIpc) is 2.39. The van der Waals surface area contributed by atoms with Gasteiger partial charge in [-0.15, -0.1) is 0 Å². The molecule has 0 amide bonds. The summed E-state index contributed by atoms with van der Waals surface area (Å²) in [7, 11) is 1.69. The molecule has 3 rings (SSSR count). The first-order valence-corrected chi connectivity index (χ1v) is 5.86. The van der Waals surface area contributed by atoms with E-state index in [1.54, 1.807) is 7.11 Å². The summed E-state index contributed by atoms with van der Waals surface area (Å²) in [6.45, 7) is 0. The van der Waals surface area contributed by atoms with E-state index >= 15 is 0 Å². The first-order valence-electron chi connectivity index (χ1n) is 5.86. The van der Waals surface area contributed by atoms with E-state index < -0.39 is 0 Å². The van der Waals surface area contributed by atoms with Gasteiger partial charge >= 0.3 is 0 Å². The van der Waals surface area contributed by atoms with Gasteiger partial charge in [0.2, 0.25) is 0 Å². The molecule has 1 aliphatic rings. The van der Waals surface area contributed by atoms with Gasteiger partial charge in [-0.1, -0.05) is 12.1 Å². The third-order valence-corrected chi connectivity index (χ3v) is 3.43. The summed E-state index contributed by atoms with van der Waals surface area (Å²) < 4.78 is 11.1. The van der Waals surface area contributed by atoms with Gasteiger partial charge in [0.1, 0.15) is 11.3 Å². The van der Waals surface area contributed by atoms with Gasteiger partial charge in [-0.3, -0.25) is 4.79 Å². The van der Waals surface area contributed by atoms with Crippen molar-refractivity contribution in [2.24, 2.45) is 0 Å². The van der Waals surface area contributed by atoms with Crippen LogP contribution in [0.25, 0.3) is 11.0 Å². The van der Waals surface area contributed by atoms with Crippen molar-refractivity contribution >= 4 is 11.0 Å². The number of hydrogen-bond acceptors (Lipinski definition) is 3. The lowest BCUT2D eigenvalue weighted by Crippen LogP contribution is -2.26. The highest BCUT2D eigenvalue weighted by Gasteiger charge is 2.23. The van der Waals surface area contributed by atoms with E-state index in [1.165, 1.54) is 0 Å². The molecule has 0 aliphatic heterocycles. The molecule has 3 nitrogen and oxygen atoms in total. The molecule has 88 valence electrons. The Bertz CT molecular complexity index is 612. The lowest BCUT2D eigenvalue weighted by molar-refractivity contribution is 0.0877. The normalized spacial score (nSPS) is 19.2. The summed E-state index contributed by atoms with van der Waals surface area (Å²) in [4.78, 5) is 12.3. The largest absolute Gasteiger partial charge is 0.461 e. The molecular weight excluding hydrogens is 216 g/mol. The first kappa shape index (κ1) is 10.5. The predicted octanol–water partition coefficient (Wildman–Crippen LogP) is 2.30. The van der Waals surface area contributed by atoms with Crippen LogP contribution in [0.4, 0.5) is 0 Å². The molecule has 0 spiro atoms. The predicted molar refractivity (Wildman–Crippen MR) is 65.3 cm³/mol. The Morgan fingerprint density at radius 2 is 2.18 bits per heavy atom. The van der Waals surface area contributed by atoms with Crippen molar-refractivity contribution in [3.63, 3.8) is 0 Å². The summed E-state index contributed by atoms with van der Waals surface area (Å²) in [5.41, 5.74) is 1.58. The Kier molecular flexibility index (Phi) is 2.48. The molecule has 2 aromatic rings. The first-order chi connectivity index (χ1) is 8.29. The number of methoxy groups -OCH3 is 1. The molecule has 0 saturated heterocycles. The number of benzene rings is 1. The highest BCUT2D eigenvalue weighted by Crippen LogP contribution is 2.24. The third-order valence-electron chi connectivity index (χ3n) is 3.43. The van der Waals surface area contributed by atoms with Crippen molar-refractivity contribution in [2.45, 2.75) is 25.4 Å². The van der Waals surface area contributed by atoms with Gasteiger partial charge in [-0.05, 0) is 18.6 Å². The molecule has 1 aromatic carbocycles. The fourth-order valence-corrected chi connectivity index (χ4v) is 2.46. The number of rotatable bonds is 1. The second-order valence-electron chi connectivity index (χ2n) is 4.43. The van der Waals surface area contributed by atoms with Crippen molar-refractivity contribution in [2.75, 3.05) is 7.11 Å². The van der Waals surface area contributed by atoms with Crippen LogP contribution in [0.1, 0.15) is 17.7 Å². The average molecular weight is 230 g/mol. The van der Waals surface area contributed by atoms with Crippen molar-refractivity contribution in [1.29, 1.82) is 0 Å². The maximum Gasteiger partial charge on any atom is 0.196 e. The van der Waals surface area contributed by atoms with Crippen LogP contribution in [0.3, 0.4) is 0 Å². The Hall–Kier alpha value is -1.61. The molecule has 0 N–H and O–H groups in total. The van der Waals surface area contributed by atoms with Crippen LogP contribution in [-0.2, 0) is 17.6 Å². The molecule has 0 fully saturated rings. The maximum atomic E-state index is 12.3. The van der Waals surface area contributed by atoms with Crippen molar-refractivity contribution in [3.05, 3.63) is 45.8 Å². The Labute approximate surface area is 99.0 Å². The van der Waals surface area contributed by atoms with E-state index in [9.17, 15) is 4.79 Å². The number of aryl methyl sites for hydroxylation is 1. The molecule has 0 radical (unpaired) electrons. The van der Waals surface area contributed by atoms with E-state index in [1.807, 2.05) is 24.3 Å². The van der Waals surface area contributed by atoms with Gasteiger partial charge in [0.25, 0.3) is 0 Å². The zero-order valence-corrected chi connectivity index (χ0v) is 9.73. The van der Waals surface area contributed by atoms with Crippen LogP contribution in [0.2, 0.25) is 0 Å². The molecule has 0 saturated carbocycles. The van der Waals surface area contributed by atoms with Gasteiger partial charge in [0.05, 0.1) is 11.5 Å². The molecule has 17 heavy (non-hydrogen) atoms. The molecule has 0 bridgehead atoms. The molecule has 1 unspecified atom stereocenters. The minimum absolute atomic E-state index is 0.101. The summed E-state index contributed by atoms with van der Waals surface area (Å²) in [5.74, 6) is 0.835. The Balaban J connectivity index is 2.23. The van der Waals surface area contributed by atoms with Gasteiger partial charge in [0, 0.05) is 25.5 Å². The van der Waals surface area contributed by atoms with E-state index in [0.717, 1.165) is 24.2 Å². The van der Waals surface area contributed by atoms with E-state index in [0.29, 0.717) is 17.4 Å². The standard InChI is InChI=1S/C14H14O3/c1-16-9-6-7-13-11(8-9)14(15)10-4-2-3-5-12(10)17-13/h2-5,9H,6-8H2,1H3. The lowest BCUT2D eigenvalue weighted by atomic mass is 9.93. The monoisotopic (exact) mass is 230 g/mol. The van der Waals surface area contributed by atoms with Crippen LogP contribution in [-0.4, -0.2) is 13.2 Å². The van der Waals surface area contributed by atoms with Gasteiger partial charge < -0.3 is 9.15 Å². The zero-order chi connectivity index (χ0) is 11.8. The molecule has 1 heterocycles. The summed E-state index contributed by atoms with van der Waals surface area (Å²) in [6.07, 6.45) is 2.52. The smallest absolute Gasteiger partial charge is 0.196 e. The number of hydrogen-bond donors (Lipinski definition) is 0. The fourth-order valence-electron chi connectivity index (χ4n) is 2.46. The van der Waals surface area contributed by atoms with E-state index in [4.69, 9.17) is 9.15 Å². The second kappa shape index (κ2) is 4.00. The summed E-state index contributed by atoms with van der Waals surface area (Å²) >= 11 is 0. The van der Waals surface area contributed by atoms with E-state index in [2.05, 4.69) is 0 Å². The Morgan fingerprint density at radius 1 is 1.35 bits per heavy atom. The SMILES string of the molecule is COC1CCc2oc3ccccc3c(=O)c2C1. The zero-order valence-electron chi connectivity index (χ0n) is 9.73. The van der Waals surface area contributed by atoms with Gasteiger partial charge in [-0.2, -0.15) is 0 Å². The van der Waals surface area contributed by atoms with E-state index in [-0.39, 0.29) is 11.5 Å². The van der Waals surface area contributed by atoms with Crippen LogP contribution in [0.15, 0.2) is 33.5 Å². The van der Waals surface area contributed by atoms with Crippen molar-refractivity contribution in [3.8, 4) is 0 Å². The molecule has 3 heteroatoms. The van der Waals surface area contributed by atoms with Crippen molar-refractivity contribution in [1.82, 2.24) is 0 Å². The highest BCUT2D eigenvalue weighted by atomic mass is 16.5.